The first-order valence-corrected chi connectivity index (χ1v) is 7.09. The molecule has 0 aliphatic heterocycles. The number of hydrogen-bond acceptors (Lipinski definition) is 6. The highest BCUT2D eigenvalue weighted by Gasteiger charge is 2.37. The number of aromatic nitrogens is 4. The smallest absolute Gasteiger partial charge is 0.385 e. The normalized spacial score (nSPS) is 11.7. The van der Waals surface area contributed by atoms with Crippen LogP contribution in [0.25, 0.3) is 5.65 Å². The first-order chi connectivity index (χ1) is 11.3. The maximum atomic E-state index is 12.8. The van der Waals surface area contributed by atoms with Gasteiger partial charge in [0, 0.05) is 27.3 Å². The SMILES string of the molecule is COCCCNC(=O)CN(C)c1ccc2nnc(C(F)(F)F)n2n1. The minimum Gasteiger partial charge on any atom is -0.385 e. The van der Waals surface area contributed by atoms with E-state index in [-0.39, 0.29) is 23.9 Å². The molecule has 0 fully saturated rings. The van der Waals surface area contributed by atoms with Gasteiger partial charge in [0.15, 0.2) is 5.65 Å². The Hall–Kier alpha value is -2.43. The number of alkyl halides is 3. The zero-order chi connectivity index (χ0) is 17.7. The molecule has 0 saturated carbocycles. The topological polar surface area (TPSA) is 84.6 Å². The molecule has 2 aromatic heterocycles. The van der Waals surface area contributed by atoms with Gasteiger partial charge in [0.05, 0.1) is 6.54 Å². The van der Waals surface area contributed by atoms with E-state index in [0.717, 1.165) is 0 Å². The number of likely N-dealkylation sites (N-methyl/N-ethyl adjacent to an activating group) is 1. The van der Waals surface area contributed by atoms with Crippen LogP contribution < -0.4 is 10.2 Å². The Morgan fingerprint density at radius 3 is 2.79 bits per heavy atom. The van der Waals surface area contributed by atoms with Gasteiger partial charge in [0.2, 0.25) is 5.91 Å². The molecule has 0 aliphatic rings. The minimum absolute atomic E-state index is 0.0245. The third-order valence-electron chi connectivity index (χ3n) is 3.12. The number of nitrogens with zero attached hydrogens (tertiary/aromatic N) is 5. The molecular formula is C13H17F3N6O2. The van der Waals surface area contributed by atoms with Crippen LogP contribution in [0.1, 0.15) is 12.2 Å². The Balaban J connectivity index is 2.07. The van der Waals surface area contributed by atoms with Crippen molar-refractivity contribution in [3.05, 3.63) is 18.0 Å². The Morgan fingerprint density at radius 1 is 1.38 bits per heavy atom. The number of rotatable bonds is 7. The van der Waals surface area contributed by atoms with E-state index in [9.17, 15) is 18.0 Å². The lowest BCUT2D eigenvalue weighted by molar-refractivity contribution is -0.146. The van der Waals surface area contributed by atoms with Gasteiger partial charge < -0.3 is 15.0 Å². The summed E-state index contributed by atoms with van der Waals surface area (Å²) in [5.74, 6) is -1.29. The zero-order valence-electron chi connectivity index (χ0n) is 13.2. The number of nitrogens with one attached hydrogen (secondary N) is 1. The monoisotopic (exact) mass is 346 g/mol. The molecule has 0 unspecified atom stereocenters. The molecule has 2 heterocycles. The predicted octanol–water partition coefficient (Wildman–Crippen LogP) is 0.732. The van der Waals surface area contributed by atoms with Crippen molar-refractivity contribution in [3.63, 3.8) is 0 Å². The number of halogens is 3. The molecule has 132 valence electrons. The number of methoxy groups -OCH3 is 1. The summed E-state index contributed by atoms with van der Waals surface area (Å²) in [5.41, 5.74) is -0.0245. The maximum Gasteiger partial charge on any atom is 0.453 e. The van der Waals surface area contributed by atoms with Crippen LogP contribution in [0.4, 0.5) is 19.0 Å². The lowest BCUT2D eigenvalue weighted by Gasteiger charge is -2.17. The second-order valence-corrected chi connectivity index (χ2v) is 5.04. The summed E-state index contributed by atoms with van der Waals surface area (Å²) in [6.45, 7) is 0.938. The number of fused-ring (bicyclic) bond motifs is 1. The van der Waals surface area contributed by atoms with E-state index in [1.54, 1.807) is 14.2 Å². The Morgan fingerprint density at radius 2 is 2.12 bits per heavy atom. The number of hydrogen-bond donors (Lipinski definition) is 1. The molecule has 0 aliphatic carbocycles. The number of anilines is 1. The molecule has 8 nitrogen and oxygen atoms in total. The van der Waals surface area contributed by atoms with Gasteiger partial charge in [-0.05, 0) is 18.6 Å². The summed E-state index contributed by atoms with van der Waals surface area (Å²) in [6, 6.07) is 2.83. The lowest BCUT2D eigenvalue weighted by atomic mass is 10.4. The number of carbonyl (C=O) groups excluding carboxylic acids is 1. The molecule has 0 spiro atoms. The van der Waals surface area contributed by atoms with Crippen LogP contribution in [0.15, 0.2) is 12.1 Å². The van der Waals surface area contributed by atoms with Gasteiger partial charge in [-0.25, -0.2) is 0 Å². The number of ether oxygens (including phenoxy) is 1. The van der Waals surface area contributed by atoms with Crippen molar-refractivity contribution in [2.24, 2.45) is 0 Å². The molecule has 0 saturated heterocycles. The van der Waals surface area contributed by atoms with Gasteiger partial charge in [-0.15, -0.1) is 15.3 Å². The molecule has 11 heteroatoms. The van der Waals surface area contributed by atoms with Gasteiger partial charge in [-0.1, -0.05) is 0 Å². The van der Waals surface area contributed by atoms with Crippen molar-refractivity contribution in [1.82, 2.24) is 25.1 Å². The summed E-state index contributed by atoms with van der Waals surface area (Å²) >= 11 is 0. The molecule has 0 bridgehead atoms. The van der Waals surface area contributed by atoms with Crippen molar-refractivity contribution >= 4 is 17.4 Å². The largest absolute Gasteiger partial charge is 0.453 e. The molecule has 24 heavy (non-hydrogen) atoms. The number of amides is 1. The summed E-state index contributed by atoms with van der Waals surface area (Å²) in [5, 5.41) is 13.1. The van der Waals surface area contributed by atoms with E-state index in [2.05, 4.69) is 20.6 Å². The highest BCUT2D eigenvalue weighted by Crippen LogP contribution is 2.27. The van der Waals surface area contributed by atoms with Gasteiger partial charge in [0.25, 0.3) is 5.82 Å². The van der Waals surface area contributed by atoms with E-state index in [0.29, 0.717) is 24.1 Å². The molecule has 1 amide bonds. The van der Waals surface area contributed by atoms with E-state index in [1.807, 2.05) is 0 Å². The van der Waals surface area contributed by atoms with E-state index >= 15 is 0 Å². The summed E-state index contributed by atoms with van der Waals surface area (Å²) in [7, 11) is 3.12. The third kappa shape index (κ3) is 4.31. The molecule has 0 atom stereocenters. The second-order valence-electron chi connectivity index (χ2n) is 5.04. The maximum absolute atomic E-state index is 12.8. The summed E-state index contributed by atoms with van der Waals surface area (Å²) < 4.78 is 44.0. The average molecular weight is 346 g/mol. The highest BCUT2D eigenvalue weighted by atomic mass is 19.4. The predicted molar refractivity (Wildman–Crippen MR) is 78.6 cm³/mol. The lowest BCUT2D eigenvalue weighted by Crippen LogP contribution is -2.36. The first-order valence-electron chi connectivity index (χ1n) is 7.09. The van der Waals surface area contributed by atoms with Crippen LogP contribution in [-0.4, -0.2) is 59.6 Å². The Labute approximate surface area is 135 Å². The first kappa shape index (κ1) is 17.9. The second kappa shape index (κ2) is 7.43. The standard InChI is InChI=1S/C13H17F3N6O2/c1-21(8-11(23)17-6-3-7-24-2)10-5-4-9-18-19-12(13(14,15)16)22(9)20-10/h4-5H,3,6-8H2,1-2H3,(H,17,23). The van der Waals surface area contributed by atoms with E-state index < -0.39 is 12.0 Å². The molecule has 0 aromatic carbocycles. The minimum atomic E-state index is -4.66. The van der Waals surface area contributed by atoms with Crippen LogP contribution in [0.5, 0.6) is 0 Å². The van der Waals surface area contributed by atoms with Crippen LogP contribution in [-0.2, 0) is 15.7 Å². The molecule has 2 rings (SSSR count). The molecule has 1 N–H and O–H groups in total. The quantitative estimate of drug-likeness (QED) is 0.744. The molecule has 2 aromatic rings. The highest BCUT2D eigenvalue weighted by molar-refractivity contribution is 5.80. The summed E-state index contributed by atoms with van der Waals surface area (Å²) in [4.78, 5) is 13.2. The van der Waals surface area contributed by atoms with Gasteiger partial charge in [-0.3, -0.25) is 4.79 Å². The fraction of sp³-hybridized carbons (Fsp3) is 0.538. The van der Waals surface area contributed by atoms with E-state index in [1.165, 1.54) is 17.0 Å². The summed E-state index contributed by atoms with van der Waals surface area (Å²) in [6.07, 6.45) is -3.99. The average Bonchev–Trinajstić information content (AvgIpc) is 2.94. The Bertz CT molecular complexity index is 703. The van der Waals surface area contributed by atoms with Crippen LogP contribution in [0.2, 0.25) is 0 Å². The van der Waals surface area contributed by atoms with Crippen molar-refractivity contribution < 1.29 is 22.7 Å². The zero-order valence-corrected chi connectivity index (χ0v) is 13.2. The van der Waals surface area contributed by atoms with Gasteiger partial charge in [-0.2, -0.15) is 17.7 Å². The van der Waals surface area contributed by atoms with Crippen molar-refractivity contribution in [3.8, 4) is 0 Å². The van der Waals surface area contributed by atoms with Gasteiger partial charge in [0.1, 0.15) is 5.82 Å². The third-order valence-corrected chi connectivity index (χ3v) is 3.12. The van der Waals surface area contributed by atoms with Crippen LogP contribution in [0, 0.1) is 0 Å². The van der Waals surface area contributed by atoms with Crippen molar-refractivity contribution in [2.75, 3.05) is 38.8 Å². The van der Waals surface area contributed by atoms with Gasteiger partial charge >= 0.3 is 6.18 Å². The van der Waals surface area contributed by atoms with Crippen molar-refractivity contribution in [1.29, 1.82) is 0 Å². The molecular weight excluding hydrogens is 329 g/mol. The van der Waals surface area contributed by atoms with Crippen molar-refractivity contribution in [2.45, 2.75) is 12.6 Å². The fourth-order valence-electron chi connectivity index (χ4n) is 1.96. The van der Waals surface area contributed by atoms with Crippen LogP contribution in [0.3, 0.4) is 0 Å². The molecule has 0 radical (unpaired) electrons. The Kier molecular flexibility index (Phi) is 5.54. The fourth-order valence-corrected chi connectivity index (χ4v) is 1.96. The van der Waals surface area contributed by atoms with E-state index in [4.69, 9.17) is 4.74 Å². The van der Waals surface area contributed by atoms with Crippen LogP contribution >= 0.6 is 0 Å². The number of carbonyl (C=O) groups is 1.